The number of carbonyl (C=O) groups is 1. The monoisotopic (exact) mass is 337 g/mol. The highest BCUT2D eigenvalue weighted by Crippen LogP contribution is 2.30. The molecule has 3 heteroatoms. The van der Waals surface area contributed by atoms with E-state index in [4.69, 9.17) is 0 Å². The van der Waals surface area contributed by atoms with Crippen LogP contribution in [0.5, 0.6) is 0 Å². The average Bonchev–Trinajstić information content (AvgIpc) is 2.48. The van der Waals surface area contributed by atoms with Gasteiger partial charge in [-0.3, -0.25) is 4.79 Å². The first-order valence-corrected chi connectivity index (χ1v) is 8.61. The van der Waals surface area contributed by atoms with Gasteiger partial charge in [0.25, 0.3) is 0 Å². The third-order valence-corrected chi connectivity index (χ3v) is 5.59. The summed E-state index contributed by atoms with van der Waals surface area (Å²) in [6.45, 7) is 4.36. The Kier molecular flexibility index (Phi) is 5.25. The summed E-state index contributed by atoms with van der Waals surface area (Å²) >= 11 is 3.56. The van der Waals surface area contributed by atoms with Crippen molar-refractivity contribution >= 4 is 21.8 Å². The van der Waals surface area contributed by atoms with E-state index in [1.807, 2.05) is 18.2 Å². The van der Waals surface area contributed by atoms with Gasteiger partial charge in [-0.1, -0.05) is 53.2 Å². The van der Waals surface area contributed by atoms with Crippen molar-refractivity contribution in [2.75, 3.05) is 5.33 Å². The van der Waals surface area contributed by atoms with Crippen LogP contribution in [0, 0.1) is 11.8 Å². The van der Waals surface area contributed by atoms with Crippen molar-refractivity contribution < 1.29 is 4.79 Å². The second-order valence-electron chi connectivity index (χ2n) is 6.28. The van der Waals surface area contributed by atoms with Crippen molar-refractivity contribution in [3.63, 3.8) is 0 Å². The molecule has 0 bridgehead atoms. The van der Waals surface area contributed by atoms with Crippen LogP contribution in [-0.4, -0.2) is 11.2 Å². The van der Waals surface area contributed by atoms with Gasteiger partial charge in [-0.2, -0.15) is 0 Å². The molecule has 1 aromatic carbocycles. The Bertz CT molecular complexity index is 440. The minimum absolute atomic E-state index is 0.188. The lowest BCUT2D eigenvalue weighted by Gasteiger charge is -2.33. The topological polar surface area (TPSA) is 29.1 Å². The first-order chi connectivity index (χ1) is 9.55. The molecule has 2 nitrogen and oxygen atoms in total. The number of halogens is 1. The minimum Gasteiger partial charge on any atom is -0.346 e. The Balaban J connectivity index is 2.04. The summed E-state index contributed by atoms with van der Waals surface area (Å²) in [5.74, 6) is 1.17. The van der Waals surface area contributed by atoms with Crippen LogP contribution < -0.4 is 5.32 Å². The lowest BCUT2D eigenvalue weighted by molar-refractivity contribution is -0.127. The summed E-state index contributed by atoms with van der Waals surface area (Å²) < 4.78 is 0. The van der Waals surface area contributed by atoms with E-state index in [2.05, 4.69) is 47.2 Å². The molecule has 1 fully saturated rings. The maximum Gasteiger partial charge on any atom is 0.223 e. The summed E-state index contributed by atoms with van der Waals surface area (Å²) in [6, 6.07) is 10.2. The standard InChI is InChI=1S/C17H24BrNO/c1-13-8-10-14(11-9-13)16(20)19-17(2,12-18)15-6-4-3-5-7-15/h3-7,13-14H,8-12H2,1-2H3,(H,19,20). The molecule has 1 aliphatic carbocycles. The third kappa shape index (κ3) is 3.63. The fourth-order valence-corrected chi connectivity index (χ4v) is 3.35. The first-order valence-electron chi connectivity index (χ1n) is 7.48. The molecule has 2 rings (SSSR count). The molecule has 0 saturated heterocycles. The van der Waals surface area contributed by atoms with Crippen molar-refractivity contribution in [2.45, 2.75) is 45.1 Å². The van der Waals surface area contributed by atoms with E-state index in [1.54, 1.807) is 0 Å². The highest BCUT2D eigenvalue weighted by atomic mass is 79.9. The van der Waals surface area contributed by atoms with Crippen molar-refractivity contribution in [1.82, 2.24) is 5.32 Å². The molecule has 0 heterocycles. The molecule has 0 aromatic heterocycles. The summed E-state index contributed by atoms with van der Waals surface area (Å²) in [7, 11) is 0. The van der Waals surface area contributed by atoms with Gasteiger partial charge in [0.2, 0.25) is 5.91 Å². The normalized spacial score (nSPS) is 25.8. The molecule has 1 saturated carbocycles. The molecule has 0 spiro atoms. The Labute approximate surface area is 130 Å². The summed E-state index contributed by atoms with van der Waals surface area (Å²) in [4.78, 5) is 12.5. The number of rotatable bonds is 4. The van der Waals surface area contributed by atoms with Gasteiger partial charge < -0.3 is 5.32 Å². The lowest BCUT2D eigenvalue weighted by atomic mass is 9.82. The Morgan fingerprint density at radius 1 is 1.25 bits per heavy atom. The van der Waals surface area contributed by atoms with E-state index in [0.29, 0.717) is 0 Å². The van der Waals surface area contributed by atoms with Crippen LogP contribution in [0.15, 0.2) is 30.3 Å². The molecular weight excluding hydrogens is 314 g/mol. The fourth-order valence-electron chi connectivity index (χ4n) is 2.88. The van der Waals surface area contributed by atoms with Gasteiger partial charge in [0.05, 0.1) is 5.54 Å². The number of amides is 1. The predicted molar refractivity (Wildman–Crippen MR) is 86.9 cm³/mol. The molecule has 0 aliphatic heterocycles. The van der Waals surface area contributed by atoms with E-state index in [9.17, 15) is 4.79 Å². The van der Waals surface area contributed by atoms with E-state index in [0.717, 1.165) is 29.7 Å². The minimum atomic E-state index is -0.332. The molecule has 0 radical (unpaired) electrons. The highest BCUT2D eigenvalue weighted by Gasteiger charge is 2.31. The average molecular weight is 338 g/mol. The van der Waals surface area contributed by atoms with E-state index in [-0.39, 0.29) is 17.4 Å². The highest BCUT2D eigenvalue weighted by molar-refractivity contribution is 9.09. The Morgan fingerprint density at radius 3 is 2.40 bits per heavy atom. The van der Waals surface area contributed by atoms with E-state index >= 15 is 0 Å². The number of hydrogen-bond acceptors (Lipinski definition) is 1. The van der Waals surface area contributed by atoms with Gasteiger partial charge in [0.15, 0.2) is 0 Å². The smallest absolute Gasteiger partial charge is 0.223 e. The van der Waals surface area contributed by atoms with Gasteiger partial charge in [0.1, 0.15) is 0 Å². The largest absolute Gasteiger partial charge is 0.346 e. The first kappa shape index (κ1) is 15.6. The fraction of sp³-hybridized carbons (Fsp3) is 0.588. The molecule has 1 aromatic rings. The Morgan fingerprint density at radius 2 is 1.85 bits per heavy atom. The van der Waals surface area contributed by atoms with Gasteiger partial charge in [-0.25, -0.2) is 0 Å². The van der Waals surface area contributed by atoms with Crippen molar-refractivity contribution in [3.8, 4) is 0 Å². The third-order valence-electron chi connectivity index (χ3n) is 4.46. The molecule has 1 aliphatic rings. The zero-order valence-electron chi connectivity index (χ0n) is 12.4. The maximum atomic E-state index is 12.5. The van der Waals surface area contributed by atoms with Crippen LogP contribution >= 0.6 is 15.9 Å². The van der Waals surface area contributed by atoms with Gasteiger partial charge in [0, 0.05) is 11.2 Å². The number of hydrogen-bond donors (Lipinski definition) is 1. The predicted octanol–water partition coefficient (Wildman–Crippen LogP) is 4.24. The lowest BCUT2D eigenvalue weighted by Crippen LogP contribution is -2.47. The molecule has 1 amide bonds. The number of nitrogens with one attached hydrogen (secondary N) is 1. The molecule has 1 atom stereocenters. The molecule has 1 unspecified atom stereocenters. The zero-order chi connectivity index (χ0) is 14.6. The summed E-state index contributed by atoms with van der Waals surface area (Å²) in [5.41, 5.74) is 0.816. The van der Waals surface area contributed by atoms with Crippen LogP contribution in [0.25, 0.3) is 0 Å². The van der Waals surface area contributed by atoms with Crippen molar-refractivity contribution in [3.05, 3.63) is 35.9 Å². The van der Waals surface area contributed by atoms with Crippen molar-refractivity contribution in [1.29, 1.82) is 0 Å². The SMILES string of the molecule is CC1CCC(C(=O)NC(C)(CBr)c2ccccc2)CC1. The van der Waals surface area contributed by atoms with Crippen LogP contribution in [0.1, 0.15) is 45.1 Å². The number of carbonyl (C=O) groups excluding carboxylic acids is 1. The number of alkyl halides is 1. The molecular formula is C17H24BrNO. The summed E-state index contributed by atoms with van der Waals surface area (Å²) in [6.07, 6.45) is 4.41. The molecule has 1 N–H and O–H groups in total. The van der Waals surface area contributed by atoms with E-state index in [1.165, 1.54) is 12.8 Å². The summed E-state index contributed by atoms with van der Waals surface area (Å²) in [5, 5.41) is 3.98. The van der Waals surface area contributed by atoms with Gasteiger partial charge in [-0.15, -0.1) is 0 Å². The van der Waals surface area contributed by atoms with E-state index < -0.39 is 0 Å². The molecule has 110 valence electrons. The van der Waals surface area contributed by atoms with Crippen molar-refractivity contribution in [2.24, 2.45) is 11.8 Å². The zero-order valence-corrected chi connectivity index (χ0v) is 13.9. The van der Waals surface area contributed by atoms with Crippen LogP contribution in [0.4, 0.5) is 0 Å². The maximum absolute atomic E-state index is 12.5. The van der Waals surface area contributed by atoms with Gasteiger partial charge in [-0.05, 0) is 44.1 Å². The van der Waals surface area contributed by atoms with Crippen LogP contribution in [-0.2, 0) is 10.3 Å². The van der Waals surface area contributed by atoms with Gasteiger partial charge >= 0.3 is 0 Å². The number of benzene rings is 1. The van der Waals surface area contributed by atoms with Crippen LogP contribution in [0.2, 0.25) is 0 Å². The quantitative estimate of drug-likeness (QED) is 0.818. The second kappa shape index (κ2) is 6.75. The van der Waals surface area contributed by atoms with Crippen LogP contribution in [0.3, 0.4) is 0 Å². The Hall–Kier alpha value is -0.830. The molecule has 20 heavy (non-hydrogen) atoms. The second-order valence-corrected chi connectivity index (χ2v) is 6.84.